The first-order valence-electron chi connectivity index (χ1n) is 4.45. The highest BCUT2D eigenvalue weighted by molar-refractivity contribution is 9.10. The van der Waals surface area contributed by atoms with Gasteiger partial charge < -0.3 is 0 Å². The number of benzene rings is 1. The second-order valence-corrected chi connectivity index (χ2v) is 4.54. The fourth-order valence-electron chi connectivity index (χ4n) is 1.63. The van der Waals surface area contributed by atoms with E-state index in [-0.39, 0.29) is 0 Å². The summed E-state index contributed by atoms with van der Waals surface area (Å²) in [5.74, 6) is 0.871. The van der Waals surface area contributed by atoms with E-state index in [1.807, 2.05) is 0 Å². The van der Waals surface area contributed by atoms with E-state index in [1.165, 1.54) is 34.0 Å². The van der Waals surface area contributed by atoms with Crippen LogP contribution in [-0.4, -0.2) is 0 Å². The molecule has 1 heteroatoms. The standard InChI is InChI=1S/C11H13Br/c1-7-5-10(9-3-4-9)6-8(2)11(7)12/h5-6,9H,3-4H2,1-2H3. The Morgan fingerprint density at radius 3 is 2.08 bits per heavy atom. The first-order chi connectivity index (χ1) is 5.68. The molecule has 0 heterocycles. The predicted octanol–water partition coefficient (Wildman–Crippen LogP) is 3.94. The zero-order valence-electron chi connectivity index (χ0n) is 7.52. The molecule has 1 aliphatic carbocycles. The molecule has 1 aromatic carbocycles. The van der Waals surface area contributed by atoms with E-state index in [4.69, 9.17) is 0 Å². The molecule has 1 aromatic rings. The van der Waals surface area contributed by atoms with Crippen LogP contribution < -0.4 is 0 Å². The van der Waals surface area contributed by atoms with Gasteiger partial charge in [0.2, 0.25) is 0 Å². The minimum Gasteiger partial charge on any atom is -0.0547 e. The van der Waals surface area contributed by atoms with Crippen LogP contribution in [0.5, 0.6) is 0 Å². The van der Waals surface area contributed by atoms with E-state index in [0.717, 1.165) is 5.92 Å². The molecule has 0 nitrogen and oxygen atoms in total. The summed E-state index contributed by atoms with van der Waals surface area (Å²) in [5, 5.41) is 0. The van der Waals surface area contributed by atoms with Gasteiger partial charge in [-0.15, -0.1) is 0 Å². The molecule has 0 saturated heterocycles. The van der Waals surface area contributed by atoms with Gasteiger partial charge in [0.15, 0.2) is 0 Å². The van der Waals surface area contributed by atoms with Crippen LogP contribution in [0.3, 0.4) is 0 Å². The Hall–Kier alpha value is -0.300. The zero-order valence-corrected chi connectivity index (χ0v) is 9.11. The summed E-state index contributed by atoms with van der Waals surface area (Å²) in [5.41, 5.74) is 4.28. The molecule has 0 spiro atoms. The zero-order chi connectivity index (χ0) is 8.72. The summed E-state index contributed by atoms with van der Waals surface area (Å²) < 4.78 is 1.27. The Labute approximate surface area is 82.1 Å². The van der Waals surface area contributed by atoms with Crippen LogP contribution in [-0.2, 0) is 0 Å². The summed E-state index contributed by atoms with van der Waals surface area (Å²) >= 11 is 3.58. The molecular weight excluding hydrogens is 212 g/mol. The van der Waals surface area contributed by atoms with E-state index in [0.29, 0.717) is 0 Å². The maximum Gasteiger partial charge on any atom is 0.0233 e. The van der Waals surface area contributed by atoms with Crippen LogP contribution in [0, 0.1) is 13.8 Å². The molecule has 1 saturated carbocycles. The molecule has 0 N–H and O–H groups in total. The minimum atomic E-state index is 0.871. The van der Waals surface area contributed by atoms with Gasteiger partial charge in [0.1, 0.15) is 0 Å². The van der Waals surface area contributed by atoms with E-state index in [9.17, 15) is 0 Å². The lowest BCUT2D eigenvalue weighted by Gasteiger charge is -2.06. The van der Waals surface area contributed by atoms with Gasteiger partial charge in [0.05, 0.1) is 0 Å². The highest BCUT2D eigenvalue weighted by Crippen LogP contribution is 2.41. The molecule has 0 aromatic heterocycles. The van der Waals surface area contributed by atoms with Gasteiger partial charge in [-0.2, -0.15) is 0 Å². The normalized spacial score (nSPS) is 16.6. The van der Waals surface area contributed by atoms with Crippen molar-refractivity contribution in [1.29, 1.82) is 0 Å². The molecule has 0 atom stereocenters. The van der Waals surface area contributed by atoms with Gasteiger partial charge in [-0.25, -0.2) is 0 Å². The van der Waals surface area contributed by atoms with Gasteiger partial charge in [-0.05, 0) is 49.3 Å². The molecule has 0 aliphatic heterocycles. The molecule has 2 rings (SSSR count). The molecule has 1 aliphatic rings. The molecule has 0 bridgehead atoms. The van der Waals surface area contributed by atoms with Gasteiger partial charge in [-0.3, -0.25) is 0 Å². The molecule has 64 valence electrons. The third-order valence-electron chi connectivity index (χ3n) is 2.51. The van der Waals surface area contributed by atoms with E-state index in [2.05, 4.69) is 41.9 Å². The van der Waals surface area contributed by atoms with Crippen molar-refractivity contribution in [2.24, 2.45) is 0 Å². The van der Waals surface area contributed by atoms with E-state index >= 15 is 0 Å². The number of aryl methyl sites for hydroxylation is 2. The highest BCUT2D eigenvalue weighted by atomic mass is 79.9. The van der Waals surface area contributed by atoms with Crippen molar-refractivity contribution in [2.45, 2.75) is 32.6 Å². The number of hydrogen-bond acceptors (Lipinski definition) is 0. The lowest BCUT2D eigenvalue weighted by atomic mass is 10.0. The summed E-state index contributed by atoms with van der Waals surface area (Å²) in [6, 6.07) is 4.63. The van der Waals surface area contributed by atoms with Crippen molar-refractivity contribution in [3.05, 3.63) is 33.3 Å². The lowest BCUT2D eigenvalue weighted by Crippen LogP contribution is -1.86. The summed E-state index contributed by atoms with van der Waals surface area (Å²) in [6.07, 6.45) is 2.78. The average Bonchev–Trinajstić information content (AvgIpc) is 2.81. The van der Waals surface area contributed by atoms with Crippen LogP contribution in [0.4, 0.5) is 0 Å². The maximum atomic E-state index is 3.58. The summed E-state index contributed by atoms with van der Waals surface area (Å²) in [7, 11) is 0. The molecule has 0 unspecified atom stereocenters. The average molecular weight is 225 g/mol. The van der Waals surface area contributed by atoms with Gasteiger partial charge in [0, 0.05) is 4.47 Å². The van der Waals surface area contributed by atoms with Crippen LogP contribution >= 0.6 is 15.9 Å². The van der Waals surface area contributed by atoms with Crippen molar-refractivity contribution in [3.63, 3.8) is 0 Å². The van der Waals surface area contributed by atoms with Crippen molar-refractivity contribution in [3.8, 4) is 0 Å². The smallest absolute Gasteiger partial charge is 0.0233 e. The van der Waals surface area contributed by atoms with Gasteiger partial charge >= 0.3 is 0 Å². The Kier molecular flexibility index (Phi) is 1.99. The fraction of sp³-hybridized carbons (Fsp3) is 0.455. The number of halogens is 1. The Morgan fingerprint density at radius 1 is 1.17 bits per heavy atom. The van der Waals surface area contributed by atoms with Crippen molar-refractivity contribution >= 4 is 15.9 Å². The maximum absolute atomic E-state index is 3.58. The first kappa shape index (κ1) is 8.31. The predicted molar refractivity (Wildman–Crippen MR) is 55.6 cm³/mol. The fourth-order valence-corrected chi connectivity index (χ4v) is 1.86. The molecular formula is C11H13Br. The number of rotatable bonds is 1. The molecule has 12 heavy (non-hydrogen) atoms. The Bertz CT molecular complexity index is 288. The summed E-state index contributed by atoms with van der Waals surface area (Å²) in [6.45, 7) is 4.34. The van der Waals surface area contributed by atoms with Gasteiger partial charge in [0.25, 0.3) is 0 Å². The van der Waals surface area contributed by atoms with Crippen LogP contribution in [0.25, 0.3) is 0 Å². The van der Waals surface area contributed by atoms with Crippen LogP contribution in [0.1, 0.15) is 35.4 Å². The SMILES string of the molecule is Cc1cc(C2CC2)cc(C)c1Br. The topological polar surface area (TPSA) is 0 Å². The lowest BCUT2D eigenvalue weighted by molar-refractivity contribution is 1.11. The Morgan fingerprint density at radius 2 is 1.67 bits per heavy atom. The second kappa shape index (κ2) is 2.88. The number of hydrogen-bond donors (Lipinski definition) is 0. The molecule has 0 amide bonds. The van der Waals surface area contributed by atoms with E-state index < -0.39 is 0 Å². The monoisotopic (exact) mass is 224 g/mol. The van der Waals surface area contributed by atoms with Crippen LogP contribution in [0.2, 0.25) is 0 Å². The quantitative estimate of drug-likeness (QED) is 0.678. The first-order valence-corrected chi connectivity index (χ1v) is 5.24. The largest absolute Gasteiger partial charge is 0.0547 e. The highest BCUT2D eigenvalue weighted by Gasteiger charge is 2.23. The molecule has 0 radical (unpaired) electrons. The van der Waals surface area contributed by atoms with Gasteiger partial charge in [-0.1, -0.05) is 28.1 Å². The van der Waals surface area contributed by atoms with Crippen molar-refractivity contribution < 1.29 is 0 Å². The summed E-state index contributed by atoms with van der Waals surface area (Å²) in [4.78, 5) is 0. The van der Waals surface area contributed by atoms with Crippen LogP contribution in [0.15, 0.2) is 16.6 Å². The Balaban J connectivity index is 2.45. The minimum absolute atomic E-state index is 0.871. The third-order valence-corrected chi connectivity index (χ3v) is 3.76. The third kappa shape index (κ3) is 1.42. The molecule has 1 fully saturated rings. The van der Waals surface area contributed by atoms with Crippen molar-refractivity contribution in [2.75, 3.05) is 0 Å². The second-order valence-electron chi connectivity index (χ2n) is 3.74. The van der Waals surface area contributed by atoms with E-state index in [1.54, 1.807) is 0 Å². The van der Waals surface area contributed by atoms with Crippen molar-refractivity contribution in [1.82, 2.24) is 0 Å².